The van der Waals surface area contributed by atoms with Crippen LogP contribution < -0.4 is 10.2 Å². The number of hydrogen-bond acceptors (Lipinski definition) is 2. The van der Waals surface area contributed by atoms with E-state index in [1.807, 2.05) is 13.0 Å². The number of nitrogens with zero attached hydrogens (tertiary/aromatic N) is 1. The molecule has 1 saturated carbocycles. The minimum absolute atomic E-state index is 0.0843. The maximum absolute atomic E-state index is 13.8. The first kappa shape index (κ1) is 14.8. The average Bonchev–Trinajstić information content (AvgIpc) is 2.77. The van der Waals surface area contributed by atoms with Crippen molar-refractivity contribution in [2.75, 3.05) is 24.5 Å². The third-order valence-electron chi connectivity index (χ3n) is 5.23. The van der Waals surface area contributed by atoms with Crippen LogP contribution in [0.1, 0.15) is 44.1 Å². The van der Waals surface area contributed by atoms with Gasteiger partial charge < -0.3 is 10.2 Å². The largest absolute Gasteiger partial charge is 0.370 e. The summed E-state index contributed by atoms with van der Waals surface area (Å²) >= 11 is 0. The lowest BCUT2D eigenvalue weighted by molar-refractivity contribution is 0.277. The van der Waals surface area contributed by atoms with Crippen LogP contribution in [0.4, 0.5) is 10.1 Å². The molecule has 0 amide bonds. The van der Waals surface area contributed by atoms with Crippen LogP contribution in [0.25, 0.3) is 0 Å². The lowest BCUT2D eigenvalue weighted by atomic mass is 9.83. The van der Waals surface area contributed by atoms with Gasteiger partial charge >= 0.3 is 0 Å². The third-order valence-corrected chi connectivity index (χ3v) is 5.23. The van der Waals surface area contributed by atoms with Crippen molar-refractivity contribution >= 4 is 5.69 Å². The van der Waals surface area contributed by atoms with E-state index >= 15 is 0 Å². The van der Waals surface area contributed by atoms with E-state index in [9.17, 15) is 4.39 Å². The Hall–Kier alpha value is -1.09. The van der Waals surface area contributed by atoms with Crippen molar-refractivity contribution in [3.05, 3.63) is 29.6 Å². The molecule has 21 heavy (non-hydrogen) atoms. The zero-order chi connectivity index (χ0) is 14.7. The van der Waals surface area contributed by atoms with Crippen molar-refractivity contribution in [1.82, 2.24) is 5.32 Å². The van der Waals surface area contributed by atoms with E-state index in [2.05, 4.69) is 16.3 Å². The Morgan fingerprint density at radius 1 is 1.14 bits per heavy atom. The highest BCUT2D eigenvalue weighted by Gasteiger charge is 2.27. The molecule has 2 fully saturated rings. The van der Waals surface area contributed by atoms with Crippen LogP contribution >= 0.6 is 0 Å². The average molecular weight is 290 g/mol. The number of benzene rings is 1. The van der Waals surface area contributed by atoms with Crippen LogP contribution in [0.2, 0.25) is 0 Å². The molecule has 0 radical (unpaired) electrons. The van der Waals surface area contributed by atoms with Crippen LogP contribution in [-0.4, -0.2) is 25.7 Å². The molecule has 0 bridgehead atoms. The van der Waals surface area contributed by atoms with E-state index in [1.165, 1.54) is 32.1 Å². The lowest BCUT2D eigenvalue weighted by Gasteiger charge is -2.34. The number of anilines is 1. The second-order valence-corrected chi connectivity index (χ2v) is 6.64. The smallest absolute Gasteiger partial charge is 0.128 e. The Labute approximate surface area is 127 Å². The molecule has 1 saturated heterocycles. The molecule has 2 nitrogen and oxygen atoms in total. The van der Waals surface area contributed by atoms with Gasteiger partial charge in [0.1, 0.15) is 5.82 Å². The third kappa shape index (κ3) is 3.39. The molecule has 2 aliphatic rings. The summed E-state index contributed by atoms with van der Waals surface area (Å²) in [6.07, 6.45) is 8.00. The SMILES string of the molecule is Cc1c(F)cccc1N1CCCNC(C2CCCCC2)C1. The van der Waals surface area contributed by atoms with Crippen molar-refractivity contribution in [3.63, 3.8) is 0 Å². The summed E-state index contributed by atoms with van der Waals surface area (Å²) in [6.45, 7) is 5.04. The zero-order valence-electron chi connectivity index (χ0n) is 13.1. The molecule has 3 rings (SSSR count). The molecule has 1 aromatic rings. The van der Waals surface area contributed by atoms with Crippen LogP contribution in [0.3, 0.4) is 0 Å². The topological polar surface area (TPSA) is 15.3 Å². The van der Waals surface area contributed by atoms with E-state index in [0.29, 0.717) is 6.04 Å². The minimum Gasteiger partial charge on any atom is -0.370 e. The van der Waals surface area contributed by atoms with Crippen LogP contribution in [0.15, 0.2) is 18.2 Å². The van der Waals surface area contributed by atoms with Gasteiger partial charge in [0, 0.05) is 30.4 Å². The molecule has 1 unspecified atom stereocenters. The highest BCUT2D eigenvalue weighted by atomic mass is 19.1. The summed E-state index contributed by atoms with van der Waals surface area (Å²) in [7, 11) is 0. The number of hydrogen-bond donors (Lipinski definition) is 1. The van der Waals surface area contributed by atoms with Gasteiger partial charge in [-0.05, 0) is 50.8 Å². The highest BCUT2D eigenvalue weighted by Crippen LogP contribution is 2.30. The molecule has 3 heteroatoms. The van der Waals surface area contributed by atoms with Gasteiger partial charge in [0.05, 0.1) is 0 Å². The molecule has 1 heterocycles. The monoisotopic (exact) mass is 290 g/mol. The molecule has 0 aromatic heterocycles. The summed E-state index contributed by atoms with van der Waals surface area (Å²) in [4.78, 5) is 2.40. The van der Waals surface area contributed by atoms with E-state index < -0.39 is 0 Å². The fourth-order valence-corrected chi connectivity index (χ4v) is 3.96. The molecule has 1 aliphatic carbocycles. The van der Waals surface area contributed by atoms with Crippen molar-refractivity contribution < 1.29 is 4.39 Å². The molecular weight excluding hydrogens is 263 g/mol. The van der Waals surface area contributed by atoms with Crippen molar-refractivity contribution in [3.8, 4) is 0 Å². The first-order valence-electron chi connectivity index (χ1n) is 8.49. The normalized spacial score (nSPS) is 24.9. The van der Waals surface area contributed by atoms with E-state index in [1.54, 1.807) is 6.07 Å². The number of rotatable bonds is 2. The predicted molar refractivity (Wildman–Crippen MR) is 86.3 cm³/mol. The molecule has 1 aromatic carbocycles. The lowest BCUT2D eigenvalue weighted by Crippen LogP contribution is -2.44. The summed E-state index contributed by atoms with van der Waals surface area (Å²) in [6, 6.07) is 6.04. The number of halogens is 1. The van der Waals surface area contributed by atoms with Gasteiger partial charge in [-0.25, -0.2) is 4.39 Å². The van der Waals surface area contributed by atoms with Gasteiger partial charge in [0.25, 0.3) is 0 Å². The van der Waals surface area contributed by atoms with Crippen molar-refractivity contribution in [2.24, 2.45) is 5.92 Å². The minimum atomic E-state index is -0.0843. The maximum atomic E-state index is 13.8. The maximum Gasteiger partial charge on any atom is 0.128 e. The first-order valence-corrected chi connectivity index (χ1v) is 8.49. The van der Waals surface area contributed by atoms with Gasteiger partial charge in [-0.15, -0.1) is 0 Å². The molecule has 116 valence electrons. The summed E-state index contributed by atoms with van der Waals surface area (Å²) in [5, 5.41) is 3.75. The zero-order valence-corrected chi connectivity index (χ0v) is 13.1. The molecule has 1 aliphatic heterocycles. The Kier molecular flexibility index (Phi) is 4.79. The van der Waals surface area contributed by atoms with E-state index in [-0.39, 0.29) is 5.82 Å². The van der Waals surface area contributed by atoms with E-state index in [0.717, 1.165) is 43.2 Å². The molecule has 1 N–H and O–H groups in total. The van der Waals surface area contributed by atoms with Crippen LogP contribution in [0.5, 0.6) is 0 Å². The van der Waals surface area contributed by atoms with Crippen molar-refractivity contribution in [2.45, 2.75) is 51.5 Å². The second kappa shape index (κ2) is 6.78. The fraction of sp³-hybridized carbons (Fsp3) is 0.667. The van der Waals surface area contributed by atoms with Gasteiger partial charge in [-0.1, -0.05) is 25.3 Å². The van der Waals surface area contributed by atoms with Crippen molar-refractivity contribution in [1.29, 1.82) is 0 Å². The highest BCUT2D eigenvalue weighted by molar-refractivity contribution is 5.53. The van der Waals surface area contributed by atoms with Gasteiger partial charge in [0.2, 0.25) is 0 Å². The Bertz CT molecular complexity index is 468. The molecular formula is C18H27FN2. The quantitative estimate of drug-likeness (QED) is 0.889. The number of nitrogens with one attached hydrogen (secondary N) is 1. The Morgan fingerprint density at radius 2 is 1.95 bits per heavy atom. The molecule has 1 atom stereocenters. The standard InChI is InChI=1S/C18H27FN2/c1-14-16(19)9-5-10-18(14)21-12-6-11-20-17(13-21)15-7-3-2-4-8-15/h5,9-10,15,17,20H,2-4,6-8,11-13H2,1H3. The van der Waals surface area contributed by atoms with Gasteiger partial charge in [-0.2, -0.15) is 0 Å². The molecule has 0 spiro atoms. The second-order valence-electron chi connectivity index (χ2n) is 6.64. The fourth-order valence-electron chi connectivity index (χ4n) is 3.96. The van der Waals surface area contributed by atoms with Gasteiger partial charge in [-0.3, -0.25) is 0 Å². The van der Waals surface area contributed by atoms with Crippen LogP contribution in [0, 0.1) is 18.7 Å². The summed E-state index contributed by atoms with van der Waals surface area (Å²) in [5.41, 5.74) is 1.88. The summed E-state index contributed by atoms with van der Waals surface area (Å²) in [5.74, 6) is 0.715. The Morgan fingerprint density at radius 3 is 2.76 bits per heavy atom. The van der Waals surface area contributed by atoms with Crippen LogP contribution in [-0.2, 0) is 0 Å². The predicted octanol–water partition coefficient (Wildman–Crippen LogP) is 3.88. The first-order chi connectivity index (χ1) is 10.3. The van der Waals surface area contributed by atoms with Gasteiger partial charge in [0.15, 0.2) is 0 Å². The Balaban J connectivity index is 1.76. The van der Waals surface area contributed by atoms with E-state index in [4.69, 9.17) is 0 Å². The summed E-state index contributed by atoms with van der Waals surface area (Å²) < 4.78 is 13.8.